The van der Waals surface area contributed by atoms with Gasteiger partial charge in [0.05, 0.1) is 53.1 Å². The van der Waals surface area contributed by atoms with Crippen LogP contribution in [0.3, 0.4) is 0 Å². The largest absolute Gasteiger partial charge is 0.459 e. The molecule has 2 saturated heterocycles. The normalized spacial score (nSPS) is 15.6. The van der Waals surface area contributed by atoms with Crippen LogP contribution in [-0.2, 0) is 32.3 Å². The number of likely N-dealkylation sites (tertiary alicyclic amines) is 1. The van der Waals surface area contributed by atoms with Crippen molar-refractivity contribution in [2.75, 3.05) is 76.7 Å². The number of carbonyl (C=O) groups is 4. The van der Waals surface area contributed by atoms with Gasteiger partial charge in [-0.3, -0.25) is 24.1 Å². The Bertz CT molecular complexity index is 2190. The number of piperazine rings is 1. The summed E-state index contributed by atoms with van der Waals surface area (Å²) in [7, 11) is 2.98. The molecular formula is C40H48ClF3N10O6. The molecular weight excluding hydrogens is 809 g/mol. The molecule has 5 heterocycles. The van der Waals surface area contributed by atoms with E-state index in [-0.39, 0.29) is 69.4 Å². The lowest BCUT2D eigenvalue weighted by molar-refractivity contribution is -0.156. The van der Waals surface area contributed by atoms with E-state index >= 15 is 0 Å². The maximum Gasteiger partial charge on any atom is 0.435 e. The molecule has 2 aliphatic rings. The van der Waals surface area contributed by atoms with Gasteiger partial charge in [0, 0.05) is 64.7 Å². The molecule has 0 saturated carbocycles. The number of alkyl halides is 3. The van der Waals surface area contributed by atoms with Gasteiger partial charge < -0.3 is 34.5 Å². The summed E-state index contributed by atoms with van der Waals surface area (Å²) in [5.74, 6) is -1.52. The van der Waals surface area contributed by atoms with E-state index in [0.29, 0.717) is 70.9 Å². The standard InChI is InChI=1S/C40H48ClF3N10O6/c1-39(2,3)60-33(55)24-51-13-10-25(11-14-51)37(57)52-15-17-53(18-16-52)38(58)28-8-6-26(20-30(28)41)48-36(56)35-47-22-31(50(35)4)29-23-54(49-34(29)40(42,43)44)32-9-7-27(21-46-32)45-12-19-59-5/h6-9,20-23,25,45H,10-19,24H2,1-5H3,(H,48,56). The first-order chi connectivity index (χ1) is 28.4. The maximum absolute atomic E-state index is 14.2. The minimum Gasteiger partial charge on any atom is -0.459 e. The highest BCUT2D eigenvalue weighted by Crippen LogP contribution is 2.37. The molecule has 0 bridgehead atoms. The number of aromatic nitrogens is 5. The first kappa shape index (κ1) is 44.0. The van der Waals surface area contributed by atoms with Crippen LogP contribution < -0.4 is 10.6 Å². The number of piperidine rings is 1. The molecule has 6 rings (SSSR count). The fraction of sp³-hybridized carbons (Fsp3) is 0.475. The predicted molar refractivity (Wildman–Crippen MR) is 216 cm³/mol. The molecule has 60 heavy (non-hydrogen) atoms. The minimum absolute atomic E-state index is 0.0157. The van der Waals surface area contributed by atoms with Crippen LogP contribution >= 0.6 is 11.6 Å². The molecule has 2 fully saturated rings. The SMILES string of the molecule is COCCNc1ccc(-n2cc(-c3cnc(C(=O)Nc4ccc(C(=O)N5CCN(C(=O)C6CCN(CC(=O)OC(C)(C)C)CC6)CC5)c(Cl)c4)n3C)c(C(F)(F)F)n2)nc1. The third-order valence-corrected chi connectivity index (χ3v) is 10.4. The van der Waals surface area contributed by atoms with Crippen LogP contribution in [0.1, 0.15) is 60.3 Å². The number of halogens is 4. The Morgan fingerprint density at radius 2 is 1.60 bits per heavy atom. The molecule has 20 heteroatoms. The minimum atomic E-state index is -4.83. The van der Waals surface area contributed by atoms with Gasteiger partial charge >= 0.3 is 12.1 Å². The first-order valence-corrected chi connectivity index (χ1v) is 19.8. The van der Waals surface area contributed by atoms with Gasteiger partial charge in [0.15, 0.2) is 17.3 Å². The maximum atomic E-state index is 14.2. The second-order valence-corrected chi connectivity index (χ2v) is 16.0. The molecule has 2 N–H and O–H groups in total. The van der Waals surface area contributed by atoms with Gasteiger partial charge in [0.2, 0.25) is 5.91 Å². The molecule has 0 radical (unpaired) electrons. The van der Waals surface area contributed by atoms with Crippen LogP contribution in [0.2, 0.25) is 5.02 Å². The molecule has 322 valence electrons. The third kappa shape index (κ3) is 10.6. The van der Waals surface area contributed by atoms with Crippen molar-refractivity contribution in [2.45, 2.75) is 45.4 Å². The number of anilines is 2. The van der Waals surface area contributed by atoms with Crippen molar-refractivity contribution in [3.8, 4) is 17.1 Å². The van der Waals surface area contributed by atoms with Gasteiger partial charge in [-0.05, 0) is 77.0 Å². The van der Waals surface area contributed by atoms with Crippen LogP contribution in [0.5, 0.6) is 0 Å². The van der Waals surface area contributed by atoms with Crippen LogP contribution in [0.4, 0.5) is 24.5 Å². The fourth-order valence-corrected chi connectivity index (χ4v) is 7.35. The fourth-order valence-electron chi connectivity index (χ4n) is 7.09. The smallest absolute Gasteiger partial charge is 0.435 e. The number of nitrogens with zero attached hydrogens (tertiary/aromatic N) is 8. The summed E-state index contributed by atoms with van der Waals surface area (Å²) in [6.07, 6.45) is 0.232. The molecule has 2 aliphatic heterocycles. The van der Waals surface area contributed by atoms with Crippen molar-refractivity contribution in [1.82, 2.24) is 39.0 Å². The lowest BCUT2D eigenvalue weighted by Crippen LogP contribution is -2.53. The number of amides is 3. The Kier molecular flexibility index (Phi) is 13.5. The number of ether oxygens (including phenoxy) is 2. The monoisotopic (exact) mass is 856 g/mol. The van der Waals surface area contributed by atoms with Crippen molar-refractivity contribution in [3.63, 3.8) is 0 Å². The summed E-state index contributed by atoms with van der Waals surface area (Å²) in [4.78, 5) is 66.2. The molecule has 3 aromatic heterocycles. The second kappa shape index (κ2) is 18.4. The van der Waals surface area contributed by atoms with E-state index in [4.69, 9.17) is 21.1 Å². The summed E-state index contributed by atoms with van der Waals surface area (Å²) in [6.45, 7) is 9.21. The first-order valence-electron chi connectivity index (χ1n) is 19.4. The molecule has 0 aliphatic carbocycles. The number of rotatable bonds is 12. The average molecular weight is 857 g/mol. The topological polar surface area (TPSA) is 169 Å². The van der Waals surface area contributed by atoms with Gasteiger partial charge in [-0.1, -0.05) is 11.6 Å². The van der Waals surface area contributed by atoms with Crippen molar-refractivity contribution in [2.24, 2.45) is 13.0 Å². The van der Waals surface area contributed by atoms with Gasteiger partial charge in [-0.2, -0.15) is 18.3 Å². The van der Waals surface area contributed by atoms with Crippen molar-refractivity contribution in [1.29, 1.82) is 0 Å². The Morgan fingerprint density at radius 3 is 2.22 bits per heavy atom. The highest BCUT2D eigenvalue weighted by molar-refractivity contribution is 6.34. The highest BCUT2D eigenvalue weighted by Gasteiger charge is 2.39. The quantitative estimate of drug-likeness (QED) is 0.146. The van der Waals surface area contributed by atoms with E-state index in [2.05, 4.69) is 25.7 Å². The summed E-state index contributed by atoms with van der Waals surface area (Å²) in [5.41, 5.74) is -0.985. The second-order valence-electron chi connectivity index (χ2n) is 15.6. The number of pyridine rings is 1. The van der Waals surface area contributed by atoms with Crippen LogP contribution in [0, 0.1) is 5.92 Å². The van der Waals surface area contributed by atoms with Gasteiger partial charge in [0.1, 0.15) is 5.60 Å². The number of hydrogen-bond acceptors (Lipinski definition) is 11. The van der Waals surface area contributed by atoms with E-state index in [9.17, 15) is 32.3 Å². The number of carbonyl (C=O) groups excluding carboxylic acids is 4. The van der Waals surface area contributed by atoms with E-state index < -0.39 is 23.4 Å². The number of nitrogens with one attached hydrogen (secondary N) is 2. The van der Waals surface area contributed by atoms with Gasteiger partial charge in [0.25, 0.3) is 11.8 Å². The summed E-state index contributed by atoms with van der Waals surface area (Å²) in [5, 5.41) is 9.59. The van der Waals surface area contributed by atoms with Crippen molar-refractivity contribution >= 4 is 46.7 Å². The zero-order chi connectivity index (χ0) is 43.4. The summed E-state index contributed by atoms with van der Waals surface area (Å²) >= 11 is 6.55. The number of benzene rings is 1. The lowest BCUT2D eigenvalue weighted by atomic mass is 9.95. The molecule has 16 nitrogen and oxygen atoms in total. The van der Waals surface area contributed by atoms with E-state index in [0.717, 1.165) is 10.9 Å². The number of hydrogen-bond donors (Lipinski definition) is 2. The van der Waals surface area contributed by atoms with Gasteiger partial charge in [-0.15, -0.1) is 0 Å². The predicted octanol–water partition coefficient (Wildman–Crippen LogP) is 4.99. The Balaban J connectivity index is 1.04. The van der Waals surface area contributed by atoms with Crippen LogP contribution in [0.25, 0.3) is 17.1 Å². The van der Waals surface area contributed by atoms with Crippen molar-refractivity contribution < 1.29 is 41.8 Å². The zero-order valence-corrected chi connectivity index (χ0v) is 34.8. The summed E-state index contributed by atoms with van der Waals surface area (Å²) in [6, 6.07) is 7.55. The number of esters is 1. The average Bonchev–Trinajstić information content (AvgIpc) is 3.82. The zero-order valence-electron chi connectivity index (χ0n) is 34.0. The van der Waals surface area contributed by atoms with E-state index in [1.54, 1.807) is 23.0 Å². The van der Waals surface area contributed by atoms with Crippen molar-refractivity contribution in [3.05, 3.63) is 71.0 Å². The Labute approximate surface area is 350 Å². The summed E-state index contributed by atoms with van der Waals surface area (Å²) < 4.78 is 55.3. The lowest BCUT2D eigenvalue weighted by Gasteiger charge is -2.38. The van der Waals surface area contributed by atoms with Gasteiger partial charge in [-0.25, -0.2) is 14.6 Å². The van der Waals surface area contributed by atoms with E-state index in [1.807, 2.05) is 25.7 Å². The molecule has 1 aromatic carbocycles. The molecule has 0 spiro atoms. The molecule has 4 aromatic rings. The highest BCUT2D eigenvalue weighted by atomic mass is 35.5. The number of methoxy groups -OCH3 is 1. The molecule has 0 atom stereocenters. The third-order valence-electron chi connectivity index (χ3n) is 10.1. The van der Waals surface area contributed by atoms with Crippen LogP contribution in [0.15, 0.2) is 48.9 Å². The van der Waals surface area contributed by atoms with E-state index in [1.165, 1.54) is 48.3 Å². The Hall–Kier alpha value is -5.53. The molecule has 3 amide bonds. The molecule has 0 unspecified atom stereocenters. The Morgan fingerprint density at radius 1 is 0.917 bits per heavy atom. The number of imidazole rings is 1. The van der Waals surface area contributed by atoms with Crippen LogP contribution in [-0.4, -0.2) is 134 Å².